The van der Waals surface area contributed by atoms with Crippen LogP contribution in [0.25, 0.3) is 0 Å². The van der Waals surface area contributed by atoms with Gasteiger partial charge >= 0.3 is 0 Å². The zero-order valence-electron chi connectivity index (χ0n) is 7.50. The van der Waals surface area contributed by atoms with Crippen LogP contribution in [0.5, 0.6) is 0 Å². The van der Waals surface area contributed by atoms with Crippen molar-refractivity contribution in [1.82, 2.24) is 15.2 Å². The number of hydrogen-bond acceptors (Lipinski definition) is 4. The van der Waals surface area contributed by atoms with Crippen molar-refractivity contribution < 1.29 is 0 Å². The van der Waals surface area contributed by atoms with Gasteiger partial charge in [0.2, 0.25) is 5.16 Å². The maximum absolute atomic E-state index is 7.01. The van der Waals surface area contributed by atoms with Crippen LogP contribution in [-0.4, -0.2) is 26.8 Å². The first-order chi connectivity index (χ1) is 6.18. The van der Waals surface area contributed by atoms with E-state index in [1.54, 1.807) is 11.8 Å². The monoisotopic (exact) mass is 199 g/mol. The number of nitrogens with zero attached hydrogens (tertiary/aromatic N) is 2. The van der Waals surface area contributed by atoms with E-state index in [4.69, 9.17) is 11.1 Å². The molecule has 72 valence electrons. The van der Waals surface area contributed by atoms with Gasteiger partial charge in [0.1, 0.15) is 5.82 Å². The van der Waals surface area contributed by atoms with Gasteiger partial charge < -0.3 is 5.73 Å². The summed E-state index contributed by atoms with van der Waals surface area (Å²) in [5, 5.41) is 14.5. The number of H-pyrrole nitrogens is 1. The number of aromatic amines is 1. The molecule has 0 fully saturated rings. The van der Waals surface area contributed by atoms with Gasteiger partial charge in [-0.05, 0) is 13.3 Å². The van der Waals surface area contributed by atoms with Crippen LogP contribution < -0.4 is 5.73 Å². The Morgan fingerprint density at radius 1 is 1.69 bits per heavy atom. The van der Waals surface area contributed by atoms with Crippen LogP contribution in [0, 0.1) is 12.3 Å². The molecule has 0 saturated carbocycles. The number of nitrogens with two attached hydrogens (primary N) is 1. The smallest absolute Gasteiger partial charge is 0.208 e. The van der Waals surface area contributed by atoms with Crippen LogP contribution in [0.15, 0.2) is 5.16 Å². The van der Waals surface area contributed by atoms with Crippen LogP contribution in [0.4, 0.5) is 0 Å². The molecule has 5 nitrogen and oxygen atoms in total. The lowest BCUT2D eigenvalue weighted by Crippen LogP contribution is -2.08. The number of hydrogen-bond donors (Lipinski definition) is 3. The summed E-state index contributed by atoms with van der Waals surface area (Å²) in [6, 6.07) is 0. The Labute approximate surface area is 81.0 Å². The Hall–Kier alpha value is -1.04. The van der Waals surface area contributed by atoms with Crippen LogP contribution >= 0.6 is 11.8 Å². The maximum Gasteiger partial charge on any atom is 0.208 e. The average Bonchev–Trinajstić information content (AvgIpc) is 2.45. The Bertz CT molecular complexity index is 282. The summed E-state index contributed by atoms with van der Waals surface area (Å²) in [6.45, 7) is 1.87. The van der Waals surface area contributed by atoms with Gasteiger partial charge in [-0.15, -0.1) is 5.10 Å². The first-order valence-electron chi connectivity index (χ1n) is 4.03. The summed E-state index contributed by atoms with van der Waals surface area (Å²) in [4.78, 5) is 4.14. The minimum atomic E-state index is 0.242. The molecule has 0 aliphatic rings. The minimum absolute atomic E-state index is 0.242. The van der Waals surface area contributed by atoms with Gasteiger partial charge in [0.05, 0.1) is 5.84 Å². The van der Waals surface area contributed by atoms with Gasteiger partial charge in [0, 0.05) is 12.2 Å². The molecule has 1 aromatic heterocycles. The van der Waals surface area contributed by atoms with E-state index in [-0.39, 0.29) is 5.84 Å². The van der Waals surface area contributed by atoms with Gasteiger partial charge in [0.25, 0.3) is 0 Å². The van der Waals surface area contributed by atoms with Crippen LogP contribution in [-0.2, 0) is 0 Å². The van der Waals surface area contributed by atoms with E-state index < -0.39 is 0 Å². The highest BCUT2D eigenvalue weighted by atomic mass is 32.2. The zero-order valence-corrected chi connectivity index (χ0v) is 8.32. The molecule has 1 heterocycles. The standard InChI is InChI=1S/C7H13N5S/c1-5-10-7(12-11-5)13-4-2-3-6(8)9/h2-4H2,1H3,(H3,8,9)(H,10,11,12). The topological polar surface area (TPSA) is 91.4 Å². The molecule has 1 aromatic rings. The van der Waals surface area contributed by atoms with Crippen LogP contribution in [0.3, 0.4) is 0 Å². The summed E-state index contributed by atoms with van der Waals surface area (Å²) in [7, 11) is 0. The second kappa shape index (κ2) is 4.86. The molecule has 0 aliphatic heterocycles. The maximum atomic E-state index is 7.01. The quantitative estimate of drug-likeness (QED) is 0.284. The number of aromatic nitrogens is 3. The molecule has 0 atom stereocenters. The fourth-order valence-electron chi connectivity index (χ4n) is 0.813. The summed E-state index contributed by atoms with van der Waals surface area (Å²) in [5.41, 5.74) is 5.21. The lowest BCUT2D eigenvalue weighted by atomic mass is 10.3. The summed E-state index contributed by atoms with van der Waals surface area (Å²) in [5.74, 6) is 1.97. The lowest BCUT2D eigenvalue weighted by molar-refractivity contribution is 0.952. The largest absolute Gasteiger partial charge is 0.388 e. The zero-order chi connectivity index (χ0) is 9.68. The highest BCUT2D eigenvalue weighted by molar-refractivity contribution is 7.99. The molecule has 0 saturated heterocycles. The molecule has 0 unspecified atom stereocenters. The van der Waals surface area contributed by atoms with Gasteiger partial charge in [-0.25, -0.2) is 4.98 Å². The number of nitrogens with one attached hydrogen (secondary N) is 2. The average molecular weight is 199 g/mol. The highest BCUT2D eigenvalue weighted by Gasteiger charge is 1.99. The Morgan fingerprint density at radius 3 is 3.00 bits per heavy atom. The number of rotatable bonds is 5. The molecule has 0 bridgehead atoms. The van der Waals surface area contributed by atoms with Crippen molar-refractivity contribution in [2.24, 2.45) is 5.73 Å². The van der Waals surface area contributed by atoms with E-state index in [0.717, 1.165) is 23.2 Å². The van der Waals surface area contributed by atoms with Crippen molar-refractivity contribution >= 4 is 17.6 Å². The number of amidine groups is 1. The molecular formula is C7H13N5S. The second-order valence-corrected chi connectivity index (χ2v) is 3.74. The Balaban J connectivity index is 2.16. The molecule has 0 spiro atoms. The van der Waals surface area contributed by atoms with Crippen molar-refractivity contribution in [3.63, 3.8) is 0 Å². The van der Waals surface area contributed by atoms with E-state index in [0.29, 0.717) is 6.42 Å². The fraction of sp³-hybridized carbons (Fsp3) is 0.571. The van der Waals surface area contributed by atoms with Gasteiger partial charge in [-0.3, -0.25) is 10.5 Å². The lowest BCUT2D eigenvalue weighted by Gasteiger charge is -1.95. The molecule has 13 heavy (non-hydrogen) atoms. The summed E-state index contributed by atoms with van der Waals surface area (Å²) in [6.07, 6.45) is 1.55. The molecular weight excluding hydrogens is 186 g/mol. The third kappa shape index (κ3) is 3.93. The van der Waals surface area contributed by atoms with E-state index in [2.05, 4.69) is 15.2 Å². The van der Waals surface area contributed by atoms with Gasteiger partial charge in [-0.2, -0.15) is 0 Å². The summed E-state index contributed by atoms with van der Waals surface area (Å²) >= 11 is 1.58. The first kappa shape index (κ1) is 10.0. The van der Waals surface area contributed by atoms with Gasteiger partial charge in [-0.1, -0.05) is 11.8 Å². The normalized spacial score (nSPS) is 10.2. The van der Waals surface area contributed by atoms with Crippen LogP contribution in [0.1, 0.15) is 18.7 Å². The van der Waals surface area contributed by atoms with E-state index in [9.17, 15) is 0 Å². The summed E-state index contributed by atoms with van der Waals surface area (Å²) < 4.78 is 0. The third-order valence-corrected chi connectivity index (χ3v) is 2.33. The third-order valence-electron chi connectivity index (χ3n) is 1.40. The molecule has 0 radical (unpaired) electrons. The SMILES string of the molecule is Cc1nc(SCCCC(=N)N)n[nH]1. The van der Waals surface area contributed by atoms with Crippen LogP contribution in [0.2, 0.25) is 0 Å². The highest BCUT2D eigenvalue weighted by Crippen LogP contribution is 2.13. The molecule has 6 heteroatoms. The van der Waals surface area contributed by atoms with Crippen molar-refractivity contribution in [3.8, 4) is 0 Å². The Morgan fingerprint density at radius 2 is 2.46 bits per heavy atom. The Kier molecular flexibility index (Phi) is 3.75. The van der Waals surface area contributed by atoms with Crippen molar-refractivity contribution in [2.75, 3.05) is 5.75 Å². The van der Waals surface area contributed by atoms with Crippen molar-refractivity contribution in [2.45, 2.75) is 24.9 Å². The predicted molar refractivity (Wildman–Crippen MR) is 53.0 cm³/mol. The first-order valence-corrected chi connectivity index (χ1v) is 5.02. The molecule has 0 aliphatic carbocycles. The minimum Gasteiger partial charge on any atom is -0.388 e. The van der Waals surface area contributed by atoms with E-state index >= 15 is 0 Å². The second-order valence-electron chi connectivity index (χ2n) is 2.68. The molecule has 1 rings (SSSR count). The molecule has 0 aromatic carbocycles. The number of aryl methyl sites for hydroxylation is 1. The fourth-order valence-corrected chi connectivity index (χ4v) is 1.60. The van der Waals surface area contributed by atoms with E-state index in [1.807, 2.05) is 6.92 Å². The predicted octanol–water partition coefficient (Wildman–Crippen LogP) is 0.921. The van der Waals surface area contributed by atoms with Crippen molar-refractivity contribution in [3.05, 3.63) is 5.82 Å². The number of thioether (sulfide) groups is 1. The van der Waals surface area contributed by atoms with Gasteiger partial charge in [0.15, 0.2) is 0 Å². The van der Waals surface area contributed by atoms with Crippen molar-refractivity contribution in [1.29, 1.82) is 5.41 Å². The molecule has 0 amide bonds. The van der Waals surface area contributed by atoms with E-state index in [1.165, 1.54) is 0 Å². The molecule has 4 N–H and O–H groups in total.